The Hall–Kier alpha value is -2.80. The summed E-state index contributed by atoms with van der Waals surface area (Å²) in [5.74, 6) is 0.312. The van der Waals surface area contributed by atoms with E-state index in [1.54, 1.807) is 55.5 Å². The third-order valence-electron chi connectivity index (χ3n) is 3.40. The number of anilines is 1. The van der Waals surface area contributed by atoms with Crippen LogP contribution in [0.15, 0.2) is 60.1 Å². The zero-order valence-corrected chi connectivity index (χ0v) is 14.1. The highest BCUT2D eigenvalue weighted by Crippen LogP contribution is 2.19. The lowest BCUT2D eigenvalue weighted by atomic mass is 10.2. The van der Waals surface area contributed by atoms with E-state index in [0.717, 1.165) is 10.8 Å². The normalized spacial score (nSPS) is 10.4. The Balaban J connectivity index is 1.73. The van der Waals surface area contributed by atoms with Crippen LogP contribution in [0.4, 0.5) is 5.69 Å². The van der Waals surface area contributed by atoms with Crippen molar-refractivity contribution >= 4 is 23.4 Å². The first-order valence-electron chi connectivity index (χ1n) is 7.20. The van der Waals surface area contributed by atoms with Gasteiger partial charge in [0.1, 0.15) is 0 Å². The fourth-order valence-corrected chi connectivity index (χ4v) is 2.72. The van der Waals surface area contributed by atoms with Crippen LogP contribution in [0.3, 0.4) is 0 Å². The molecule has 0 atom stereocenters. The van der Waals surface area contributed by atoms with E-state index in [0.29, 0.717) is 17.1 Å². The zero-order chi connectivity index (χ0) is 16.9. The van der Waals surface area contributed by atoms with Gasteiger partial charge in [-0.05, 0) is 36.6 Å². The Labute approximate surface area is 143 Å². The van der Waals surface area contributed by atoms with Crippen molar-refractivity contribution < 1.29 is 9.53 Å². The van der Waals surface area contributed by atoms with E-state index in [9.17, 15) is 4.79 Å². The molecule has 1 amide bonds. The maximum atomic E-state index is 12.3. The van der Waals surface area contributed by atoms with Crippen molar-refractivity contribution in [2.75, 3.05) is 18.7 Å². The second kappa shape index (κ2) is 7.18. The molecule has 122 valence electrons. The third-order valence-corrected chi connectivity index (χ3v) is 4.07. The fraction of sp³-hybridized carbons (Fsp3) is 0.118. The number of amides is 1. The van der Waals surface area contributed by atoms with Crippen LogP contribution in [-0.2, 0) is 0 Å². The molecule has 24 heavy (non-hydrogen) atoms. The molecule has 3 aromatic rings. The highest BCUT2D eigenvalue weighted by molar-refractivity contribution is 7.98. The van der Waals surface area contributed by atoms with Crippen molar-refractivity contribution in [1.82, 2.24) is 14.5 Å². The summed E-state index contributed by atoms with van der Waals surface area (Å²) in [4.78, 5) is 20.6. The van der Waals surface area contributed by atoms with Gasteiger partial charge in [0, 0.05) is 29.7 Å². The molecule has 0 spiro atoms. The molecule has 0 aliphatic heterocycles. The summed E-state index contributed by atoms with van der Waals surface area (Å²) in [6.45, 7) is 0. The average Bonchev–Trinajstić information content (AvgIpc) is 3.11. The molecule has 0 saturated carbocycles. The quantitative estimate of drug-likeness (QED) is 0.722. The van der Waals surface area contributed by atoms with Gasteiger partial charge in [-0.25, -0.2) is 9.97 Å². The summed E-state index contributed by atoms with van der Waals surface area (Å²) >= 11 is 1.57. The SMILES string of the molecule is COc1ccc(NC(=O)c2ccc(-n3ccnc3SC)cc2)cn1. The minimum Gasteiger partial charge on any atom is -0.481 e. The molecule has 6 nitrogen and oxygen atoms in total. The van der Waals surface area contributed by atoms with Gasteiger partial charge in [0.05, 0.1) is 19.0 Å². The Kier molecular flexibility index (Phi) is 4.81. The lowest BCUT2D eigenvalue weighted by molar-refractivity contribution is 0.102. The molecule has 0 bridgehead atoms. The number of imidazole rings is 1. The van der Waals surface area contributed by atoms with Crippen molar-refractivity contribution in [3.63, 3.8) is 0 Å². The van der Waals surface area contributed by atoms with E-state index < -0.39 is 0 Å². The van der Waals surface area contributed by atoms with Crippen LogP contribution in [-0.4, -0.2) is 33.8 Å². The van der Waals surface area contributed by atoms with E-state index in [1.165, 1.54) is 0 Å². The highest BCUT2D eigenvalue weighted by Gasteiger charge is 2.08. The summed E-state index contributed by atoms with van der Waals surface area (Å²) in [7, 11) is 1.55. The molecular formula is C17H16N4O2S. The number of carbonyl (C=O) groups is 1. The van der Waals surface area contributed by atoms with Crippen molar-refractivity contribution in [2.24, 2.45) is 0 Å². The third kappa shape index (κ3) is 3.41. The van der Waals surface area contributed by atoms with Gasteiger partial charge in [0.2, 0.25) is 5.88 Å². The number of nitrogens with one attached hydrogen (secondary N) is 1. The maximum Gasteiger partial charge on any atom is 0.255 e. The molecule has 0 aliphatic carbocycles. The predicted octanol–water partition coefficient (Wildman–Crippen LogP) is 3.25. The van der Waals surface area contributed by atoms with Crippen molar-refractivity contribution in [3.8, 4) is 11.6 Å². The number of methoxy groups -OCH3 is 1. The number of benzene rings is 1. The van der Waals surface area contributed by atoms with Gasteiger partial charge in [-0.3, -0.25) is 9.36 Å². The average molecular weight is 340 g/mol. The largest absolute Gasteiger partial charge is 0.481 e. The molecule has 7 heteroatoms. The lowest BCUT2D eigenvalue weighted by Gasteiger charge is -2.08. The summed E-state index contributed by atoms with van der Waals surface area (Å²) < 4.78 is 6.97. The summed E-state index contributed by atoms with van der Waals surface area (Å²) in [5, 5.41) is 3.71. The molecule has 2 aromatic heterocycles. The lowest BCUT2D eigenvalue weighted by Crippen LogP contribution is -2.12. The predicted molar refractivity (Wildman–Crippen MR) is 94.1 cm³/mol. The first-order valence-corrected chi connectivity index (χ1v) is 8.43. The molecule has 0 unspecified atom stereocenters. The molecule has 0 aliphatic rings. The van der Waals surface area contributed by atoms with Crippen molar-refractivity contribution in [3.05, 3.63) is 60.6 Å². The van der Waals surface area contributed by atoms with E-state index in [-0.39, 0.29) is 5.91 Å². The Morgan fingerprint density at radius 1 is 1.17 bits per heavy atom. The van der Waals surface area contributed by atoms with Crippen LogP contribution in [0.1, 0.15) is 10.4 Å². The van der Waals surface area contributed by atoms with Crippen LogP contribution in [0.5, 0.6) is 5.88 Å². The van der Waals surface area contributed by atoms with Gasteiger partial charge in [0.15, 0.2) is 5.16 Å². The summed E-state index contributed by atoms with van der Waals surface area (Å²) in [6.07, 6.45) is 7.18. The molecule has 1 N–H and O–H groups in total. The summed E-state index contributed by atoms with van der Waals surface area (Å²) in [6, 6.07) is 10.8. The van der Waals surface area contributed by atoms with Crippen molar-refractivity contribution in [1.29, 1.82) is 0 Å². The van der Waals surface area contributed by atoms with Gasteiger partial charge >= 0.3 is 0 Å². The van der Waals surface area contributed by atoms with E-state index in [4.69, 9.17) is 4.74 Å². The van der Waals surface area contributed by atoms with E-state index >= 15 is 0 Å². The number of rotatable bonds is 5. The fourth-order valence-electron chi connectivity index (χ4n) is 2.19. The minimum atomic E-state index is -0.191. The van der Waals surface area contributed by atoms with Crippen LogP contribution >= 0.6 is 11.8 Å². The van der Waals surface area contributed by atoms with E-state index in [2.05, 4.69) is 15.3 Å². The molecule has 3 rings (SSSR count). The molecule has 0 radical (unpaired) electrons. The Bertz CT molecular complexity index is 829. The number of ether oxygens (including phenoxy) is 1. The number of hydrogen-bond acceptors (Lipinski definition) is 5. The molecule has 2 heterocycles. The Morgan fingerprint density at radius 2 is 1.96 bits per heavy atom. The first kappa shape index (κ1) is 16.1. The molecular weight excluding hydrogens is 324 g/mol. The maximum absolute atomic E-state index is 12.3. The van der Waals surface area contributed by atoms with Gasteiger partial charge in [-0.1, -0.05) is 11.8 Å². The Morgan fingerprint density at radius 3 is 2.58 bits per heavy atom. The minimum absolute atomic E-state index is 0.191. The highest BCUT2D eigenvalue weighted by atomic mass is 32.2. The number of thioether (sulfide) groups is 1. The van der Waals surface area contributed by atoms with Crippen LogP contribution in [0, 0.1) is 0 Å². The van der Waals surface area contributed by atoms with Crippen molar-refractivity contribution in [2.45, 2.75) is 5.16 Å². The first-order chi connectivity index (χ1) is 11.7. The van der Waals surface area contributed by atoms with Gasteiger partial charge in [-0.2, -0.15) is 0 Å². The van der Waals surface area contributed by atoms with Crippen LogP contribution in [0.2, 0.25) is 0 Å². The zero-order valence-electron chi connectivity index (χ0n) is 13.3. The van der Waals surface area contributed by atoms with Gasteiger partial charge in [0.25, 0.3) is 5.91 Å². The van der Waals surface area contributed by atoms with Crippen LogP contribution in [0.25, 0.3) is 5.69 Å². The topological polar surface area (TPSA) is 69.0 Å². The standard InChI is InChI=1S/C17H16N4O2S/c1-23-15-8-5-13(11-19-15)20-16(22)12-3-6-14(7-4-12)21-10-9-18-17(21)24-2/h3-11H,1-2H3,(H,20,22). The number of carbonyl (C=O) groups excluding carboxylic acids is 1. The monoisotopic (exact) mass is 340 g/mol. The second-order valence-corrected chi connectivity index (χ2v) is 5.65. The van der Waals surface area contributed by atoms with Gasteiger partial charge in [-0.15, -0.1) is 0 Å². The molecule has 1 aromatic carbocycles. The molecule has 0 saturated heterocycles. The number of hydrogen-bond donors (Lipinski definition) is 1. The van der Waals surface area contributed by atoms with Gasteiger partial charge < -0.3 is 10.1 Å². The number of nitrogens with zero attached hydrogens (tertiary/aromatic N) is 3. The number of pyridine rings is 1. The van der Waals surface area contributed by atoms with Crippen LogP contribution < -0.4 is 10.1 Å². The van der Waals surface area contributed by atoms with E-state index in [1.807, 2.05) is 29.2 Å². The summed E-state index contributed by atoms with van der Waals surface area (Å²) in [5.41, 5.74) is 2.14. The smallest absolute Gasteiger partial charge is 0.255 e. The second-order valence-electron chi connectivity index (χ2n) is 4.87. The molecule has 0 fully saturated rings. The number of aromatic nitrogens is 3.